The third kappa shape index (κ3) is 3.03. The van der Waals surface area contributed by atoms with E-state index in [2.05, 4.69) is 16.4 Å². The Morgan fingerprint density at radius 2 is 2.06 bits per heavy atom. The molecule has 0 spiro atoms. The number of aryl methyl sites for hydroxylation is 1. The van der Waals surface area contributed by atoms with Gasteiger partial charge in [-0.15, -0.1) is 0 Å². The first-order valence-corrected chi connectivity index (χ1v) is 5.60. The van der Waals surface area contributed by atoms with Gasteiger partial charge < -0.3 is 5.32 Å². The van der Waals surface area contributed by atoms with Crippen LogP contribution in [0.4, 0.5) is 10.1 Å². The Morgan fingerprint density at radius 3 is 2.71 bits per heavy atom. The van der Waals surface area contributed by atoms with Crippen molar-refractivity contribution in [1.29, 1.82) is 0 Å². The molecule has 0 amide bonds. The summed E-state index contributed by atoms with van der Waals surface area (Å²) in [5.41, 5.74) is 3.07. The van der Waals surface area contributed by atoms with Crippen LogP contribution in [0.15, 0.2) is 42.6 Å². The highest BCUT2D eigenvalue weighted by Gasteiger charge is 2.06. The molecule has 3 heteroatoms. The maximum Gasteiger partial charge on any atom is 0.141 e. The largest absolute Gasteiger partial charge is 0.377 e. The molecule has 17 heavy (non-hydrogen) atoms. The van der Waals surface area contributed by atoms with Gasteiger partial charge >= 0.3 is 0 Å². The molecule has 2 aromatic rings. The first-order valence-electron chi connectivity index (χ1n) is 5.60. The number of nitrogens with one attached hydrogen (secondary N) is 1. The predicted molar refractivity (Wildman–Crippen MR) is 67.4 cm³/mol. The zero-order valence-electron chi connectivity index (χ0n) is 9.94. The molecular formula is C14H15FN2. The smallest absolute Gasteiger partial charge is 0.141 e. The standard InChI is InChI=1S/C14H15FN2/c1-10-4-3-5-13(8-10)17-11(2)14-7-6-12(15)9-16-14/h3-9,11,17H,1-2H3. The van der Waals surface area contributed by atoms with Gasteiger partial charge in [0.2, 0.25) is 0 Å². The maximum absolute atomic E-state index is 12.7. The van der Waals surface area contributed by atoms with Crippen molar-refractivity contribution < 1.29 is 4.39 Å². The van der Waals surface area contributed by atoms with Crippen LogP contribution in [0.25, 0.3) is 0 Å². The van der Waals surface area contributed by atoms with E-state index >= 15 is 0 Å². The first-order chi connectivity index (χ1) is 8.15. The summed E-state index contributed by atoms with van der Waals surface area (Å²) in [6, 6.07) is 11.3. The van der Waals surface area contributed by atoms with E-state index in [1.54, 1.807) is 6.07 Å². The molecule has 0 aliphatic carbocycles. The van der Waals surface area contributed by atoms with Crippen molar-refractivity contribution >= 4 is 5.69 Å². The Morgan fingerprint density at radius 1 is 1.24 bits per heavy atom. The highest BCUT2D eigenvalue weighted by molar-refractivity contribution is 5.46. The second-order valence-electron chi connectivity index (χ2n) is 4.14. The highest BCUT2D eigenvalue weighted by atomic mass is 19.1. The van der Waals surface area contributed by atoms with Crippen LogP contribution in [0.2, 0.25) is 0 Å². The van der Waals surface area contributed by atoms with Crippen LogP contribution in [0.3, 0.4) is 0 Å². The number of aromatic nitrogens is 1. The monoisotopic (exact) mass is 230 g/mol. The summed E-state index contributed by atoms with van der Waals surface area (Å²) in [6.45, 7) is 4.05. The van der Waals surface area contributed by atoms with E-state index in [-0.39, 0.29) is 11.9 Å². The lowest BCUT2D eigenvalue weighted by atomic mass is 10.1. The summed E-state index contributed by atoms with van der Waals surface area (Å²) in [5.74, 6) is -0.309. The number of halogens is 1. The van der Waals surface area contributed by atoms with Crippen molar-refractivity contribution in [3.63, 3.8) is 0 Å². The Kier molecular flexibility index (Phi) is 3.38. The number of hydrogen-bond acceptors (Lipinski definition) is 2. The lowest BCUT2D eigenvalue weighted by Gasteiger charge is -2.15. The van der Waals surface area contributed by atoms with E-state index in [1.807, 2.05) is 32.0 Å². The quantitative estimate of drug-likeness (QED) is 0.869. The first kappa shape index (κ1) is 11.6. The lowest BCUT2D eigenvalue weighted by molar-refractivity contribution is 0.617. The average Bonchev–Trinajstić information content (AvgIpc) is 2.29. The fourth-order valence-electron chi connectivity index (χ4n) is 1.70. The van der Waals surface area contributed by atoms with Gasteiger partial charge in [-0.1, -0.05) is 12.1 Å². The maximum atomic E-state index is 12.7. The van der Waals surface area contributed by atoms with Crippen molar-refractivity contribution in [2.75, 3.05) is 5.32 Å². The number of anilines is 1. The van der Waals surface area contributed by atoms with Crippen LogP contribution >= 0.6 is 0 Å². The van der Waals surface area contributed by atoms with Crippen molar-refractivity contribution in [1.82, 2.24) is 4.98 Å². The molecule has 0 aliphatic heterocycles. The number of benzene rings is 1. The summed E-state index contributed by atoms with van der Waals surface area (Å²) in [5, 5.41) is 3.33. The van der Waals surface area contributed by atoms with Gasteiger partial charge in [0.1, 0.15) is 5.82 Å². The normalized spacial score (nSPS) is 12.2. The number of pyridine rings is 1. The van der Waals surface area contributed by atoms with E-state index in [0.29, 0.717) is 0 Å². The molecule has 1 atom stereocenters. The van der Waals surface area contributed by atoms with E-state index < -0.39 is 0 Å². The molecule has 0 fully saturated rings. The van der Waals surface area contributed by atoms with E-state index in [0.717, 1.165) is 11.4 Å². The number of rotatable bonds is 3. The molecule has 2 rings (SSSR count). The SMILES string of the molecule is Cc1cccc(NC(C)c2ccc(F)cn2)c1. The molecule has 0 saturated heterocycles. The van der Waals surface area contributed by atoms with Crippen LogP contribution in [0.1, 0.15) is 24.2 Å². The van der Waals surface area contributed by atoms with E-state index in [4.69, 9.17) is 0 Å². The third-order valence-electron chi connectivity index (χ3n) is 2.60. The van der Waals surface area contributed by atoms with E-state index in [9.17, 15) is 4.39 Å². The van der Waals surface area contributed by atoms with E-state index in [1.165, 1.54) is 17.8 Å². The molecule has 1 aromatic carbocycles. The number of nitrogens with zero attached hydrogens (tertiary/aromatic N) is 1. The van der Waals surface area contributed by atoms with Crippen molar-refractivity contribution in [3.05, 3.63) is 59.7 Å². The minimum Gasteiger partial charge on any atom is -0.377 e. The average molecular weight is 230 g/mol. The third-order valence-corrected chi connectivity index (χ3v) is 2.60. The zero-order chi connectivity index (χ0) is 12.3. The summed E-state index contributed by atoms with van der Waals surface area (Å²) >= 11 is 0. The fraction of sp³-hybridized carbons (Fsp3) is 0.214. The zero-order valence-corrected chi connectivity index (χ0v) is 9.94. The molecule has 1 N–H and O–H groups in total. The molecule has 1 aromatic heterocycles. The molecular weight excluding hydrogens is 215 g/mol. The van der Waals surface area contributed by atoms with Gasteiger partial charge in [-0.3, -0.25) is 4.98 Å². The Balaban J connectivity index is 2.11. The van der Waals surface area contributed by atoms with Gasteiger partial charge in [-0.25, -0.2) is 4.39 Å². The molecule has 0 saturated carbocycles. The topological polar surface area (TPSA) is 24.9 Å². The molecule has 0 bridgehead atoms. The van der Waals surface area contributed by atoms with Crippen LogP contribution in [-0.2, 0) is 0 Å². The predicted octanol–water partition coefficient (Wildman–Crippen LogP) is 3.70. The summed E-state index contributed by atoms with van der Waals surface area (Å²) in [4.78, 5) is 4.06. The highest BCUT2D eigenvalue weighted by Crippen LogP contribution is 2.18. The van der Waals surface area contributed by atoms with Gasteiger partial charge in [0, 0.05) is 5.69 Å². The fourth-order valence-corrected chi connectivity index (χ4v) is 1.70. The van der Waals surface area contributed by atoms with Gasteiger partial charge in [-0.2, -0.15) is 0 Å². The summed E-state index contributed by atoms with van der Waals surface area (Å²) < 4.78 is 12.7. The Bertz CT molecular complexity index is 494. The second kappa shape index (κ2) is 4.95. The molecule has 2 nitrogen and oxygen atoms in total. The molecule has 1 unspecified atom stereocenters. The van der Waals surface area contributed by atoms with Crippen molar-refractivity contribution in [2.24, 2.45) is 0 Å². The number of hydrogen-bond donors (Lipinski definition) is 1. The molecule has 0 radical (unpaired) electrons. The Hall–Kier alpha value is -1.90. The molecule has 88 valence electrons. The minimum absolute atomic E-state index is 0.0531. The van der Waals surface area contributed by atoms with Crippen molar-refractivity contribution in [3.8, 4) is 0 Å². The van der Waals surface area contributed by atoms with Gasteiger partial charge in [0.25, 0.3) is 0 Å². The summed E-state index contributed by atoms with van der Waals surface area (Å²) in [7, 11) is 0. The molecule has 0 aliphatic rings. The summed E-state index contributed by atoms with van der Waals surface area (Å²) in [6.07, 6.45) is 1.24. The van der Waals surface area contributed by atoms with Gasteiger partial charge in [0.05, 0.1) is 17.9 Å². The van der Waals surface area contributed by atoms with Crippen LogP contribution in [-0.4, -0.2) is 4.98 Å². The van der Waals surface area contributed by atoms with Crippen LogP contribution in [0, 0.1) is 12.7 Å². The van der Waals surface area contributed by atoms with Crippen LogP contribution in [0.5, 0.6) is 0 Å². The Labute approximate surface area is 101 Å². The van der Waals surface area contributed by atoms with Gasteiger partial charge in [-0.05, 0) is 43.7 Å². The second-order valence-corrected chi connectivity index (χ2v) is 4.14. The lowest BCUT2D eigenvalue weighted by Crippen LogP contribution is -2.08. The van der Waals surface area contributed by atoms with Gasteiger partial charge in [0.15, 0.2) is 0 Å². The molecule has 1 heterocycles. The van der Waals surface area contributed by atoms with Crippen LogP contribution < -0.4 is 5.32 Å². The minimum atomic E-state index is -0.309. The van der Waals surface area contributed by atoms with Crippen molar-refractivity contribution in [2.45, 2.75) is 19.9 Å².